The molecule has 0 saturated heterocycles. The first-order valence-corrected chi connectivity index (χ1v) is 5.78. The monoisotopic (exact) mass is 257 g/mol. The first-order valence-electron chi connectivity index (χ1n) is 5.11. The van der Waals surface area contributed by atoms with Gasteiger partial charge in [0.05, 0.1) is 0 Å². The van der Waals surface area contributed by atoms with Crippen molar-refractivity contribution < 1.29 is 12.8 Å². The highest BCUT2D eigenvalue weighted by Gasteiger charge is 1.99. The van der Waals surface area contributed by atoms with Gasteiger partial charge in [0, 0.05) is 12.2 Å². The van der Waals surface area contributed by atoms with Gasteiger partial charge < -0.3 is 5.32 Å². The van der Waals surface area contributed by atoms with Crippen LogP contribution < -0.4 is 5.32 Å². The minimum atomic E-state index is -0.750. The van der Waals surface area contributed by atoms with Crippen LogP contribution in [0.1, 0.15) is 19.4 Å². The van der Waals surface area contributed by atoms with Crippen molar-refractivity contribution in [3.63, 3.8) is 0 Å². The molecule has 0 amide bonds. The van der Waals surface area contributed by atoms with E-state index in [1.165, 1.54) is 12.1 Å². The number of rotatable bonds is 4. The van der Waals surface area contributed by atoms with Gasteiger partial charge in [0.2, 0.25) is 0 Å². The zero-order valence-electron chi connectivity index (χ0n) is 9.90. The van der Waals surface area contributed by atoms with Crippen molar-refractivity contribution in [2.24, 2.45) is 5.92 Å². The third-order valence-corrected chi connectivity index (χ3v) is 1.92. The van der Waals surface area contributed by atoms with Crippen LogP contribution >= 0.6 is 0 Å². The molecule has 0 unspecified atom stereocenters. The second-order valence-corrected chi connectivity index (χ2v) is 3.96. The summed E-state index contributed by atoms with van der Waals surface area (Å²) in [6.07, 6.45) is 0. The third-order valence-electron chi connectivity index (χ3n) is 1.92. The number of benzene rings is 1. The summed E-state index contributed by atoms with van der Waals surface area (Å²) >= 11 is -0.750. The van der Waals surface area contributed by atoms with Crippen LogP contribution in [0.4, 0.5) is 4.39 Å². The molecule has 94 valence electrons. The van der Waals surface area contributed by atoms with Gasteiger partial charge in [-0.05, 0) is 23.6 Å². The van der Waals surface area contributed by atoms with Crippen LogP contribution in [0.25, 0.3) is 5.70 Å². The van der Waals surface area contributed by atoms with Crippen LogP contribution in [0.5, 0.6) is 0 Å². The average Bonchev–Trinajstić information content (AvgIpc) is 2.28. The molecule has 5 heteroatoms. The van der Waals surface area contributed by atoms with Crippen molar-refractivity contribution in [3.05, 3.63) is 42.2 Å². The first kappa shape index (κ1) is 15.5. The van der Waals surface area contributed by atoms with E-state index in [9.17, 15) is 4.39 Å². The predicted molar refractivity (Wildman–Crippen MR) is 67.2 cm³/mol. The molecule has 1 aromatic carbocycles. The second kappa shape index (κ2) is 8.64. The maximum absolute atomic E-state index is 12.6. The number of hydrogen-bond acceptors (Lipinski definition) is 3. The Balaban J connectivity index is 0.000000770. The Kier molecular flexibility index (Phi) is 7.88. The molecule has 0 saturated carbocycles. The van der Waals surface area contributed by atoms with E-state index in [2.05, 4.69) is 25.7 Å². The number of nitrogens with one attached hydrogen (secondary N) is 1. The molecule has 1 N–H and O–H groups in total. The van der Waals surface area contributed by atoms with Crippen LogP contribution in [-0.4, -0.2) is 15.0 Å². The summed E-state index contributed by atoms with van der Waals surface area (Å²) in [6.45, 7) is 9.04. The zero-order valence-corrected chi connectivity index (χ0v) is 10.7. The molecule has 0 aromatic heterocycles. The highest BCUT2D eigenvalue weighted by atomic mass is 32.1. The van der Waals surface area contributed by atoms with Crippen LogP contribution in [0, 0.1) is 11.7 Å². The molecular formula is C12H16FNO2S. The smallest absolute Gasteiger partial charge is 0.335 e. The van der Waals surface area contributed by atoms with Gasteiger partial charge in [-0.15, -0.1) is 0 Å². The Morgan fingerprint density at radius 1 is 1.35 bits per heavy atom. The molecule has 0 aliphatic rings. The van der Waals surface area contributed by atoms with Crippen LogP contribution in [0.3, 0.4) is 0 Å². The van der Waals surface area contributed by atoms with E-state index in [-0.39, 0.29) is 5.82 Å². The fourth-order valence-electron chi connectivity index (χ4n) is 1.08. The SMILES string of the molecule is C=C(NCC(C)C)c1ccc(F)cc1.O=S=O. The van der Waals surface area contributed by atoms with Gasteiger partial charge >= 0.3 is 11.6 Å². The van der Waals surface area contributed by atoms with Gasteiger partial charge in [-0.2, -0.15) is 8.42 Å². The van der Waals surface area contributed by atoms with Crippen molar-refractivity contribution in [2.75, 3.05) is 6.54 Å². The lowest BCUT2D eigenvalue weighted by molar-refractivity contribution is 0.617. The highest BCUT2D eigenvalue weighted by Crippen LogP contribution is 2.10. The number of hydrogen-bond donors (Lipinski definition) is 1. The predicted octanol–water partition coefficient (Wildman–Crippen LogP) is 2.37. The fraction of sp³-hybridized carbons (Fsp3) is 0.333. The minimum absolute atomic E-state index is 0.217. The summed E-state index contributed by atoms with van der Waals surface area (Å²) in [5.74, 6) is 0.359. The van der Waals surface area contributed by atoms with Gasteiger partial charge in [0.1, 0.15) is 5.82 Å². The summed E-state index contributed by atoms with van der Waals surface area (Å²) < 4.78 is 29.2. The Morgan fingerprint density at radius 2 is 1.82 bits per heavy atom. The Bertz CT molecular complexity index is 384. The lowest BCUT2D eigenvalue weighted by atomic mass is 10.1. The van der Waals surface area contributed by atoms with Gasteiger partial charge in [0.25, 0.3) is 0 Å². The van der Waals surface area contributed by atoms with E-state index in [0.29, 0.717) is 5.92 Å². The summed E-state index contributed by atoms with van der Waals surface area (Å²) in [7, 11) is 0. The number of halogens is 1. The molecule has 0 spiro atoms. The molecule has 0 aliphatic heterocycles. The lowest BCUT2D eigenvalue weighted by Gasteiger charge is -2.11. The summed E-state index contributed by atoms with van der Waals surface area (Å²) in [4.78, 5) is 0. The van der Waals surface area contributed by atoms with Crippen molar-refractivity contribution >= 4 is 17.3 Å². The van der Waals surface area contributed by atoms with E-state index in [4.69, 9.17) is 8.42 Å². The third kappa shape index (κ3) is 7.41. The molecule has 1 aromatic rings. The lowest BCUT2D eigenvalue weighted by Crippen LogP contribution is -2.17. The van der Waals surface area contributed by atoms with Gasteiger partial charge in [-0.25, -0.2) is 4.39 Å². The van der Waals surface area contributed by atoms with E-state index in [1.54, 1.807) is 12.1 Å². The maximum Gasteiger partial charge on any atom is 0.335 e. The summed E-state index contributed by atoms with van der Waals surface area (Å²) in [5, 5.41) is 3.20. The molecule has 3 nitrogen and oxygen atoms in total. The average molecular weight is 257 g/mol. The zero-order chi connectivity index (χ0) is 13.3. The van der Waals surface area contributed by atoms with Crippen molar-refractivity contribution in [1.29, 1.82) is 0 Å². The molecule has 0 radical (unpaired) electrons. The molecule has 0 bridgehead atoms. The van der Waals surface area contributed by atoms with E-state index in [1.807, 2.05) is 0 Å². The Hall–Kier alpha value is -1.49. The Morgan fingerprint density at radius 3 is 2.24 bits per heavy atom. The largest absolute Gasteiger partial charge is 0.385 e. The molecule has 0 aliphatic carbocycles. The minimum Gasteiger partial charge on any atom is -0.385 e. The van der Waals surface area contributed by atoms with Gasteiger partial charge in [-0.3, -0.25) is 0 Å². The molecule has 1 rings (SSSR count). The van der Waals surface area contributed by atoms with Crippen molar-refractivity contribution in [3.8, 4) is 0 Å². The Labute approximate surface area is 104 Å². The van der Waals surface area contributed by atoms with E-state index >= 15 is 0 Å². The topological polar surface area (TPSA) is 46.2 Å². The van der Waals surface area contributed by atoms with Gasteiger partial charge in [0.15, 0.2) is 0 Å². The molecule has 0 fully saturated rings. The van der Waals surface area contributed by atoms with Crippen molar-refractivity contribution in [1.82, 2.24) is 5.32 Å². The molecular weight excluding hydrogens is 241 g/mol. The van der Waals surface area contributed by atoms with Crippen LogP contribution in [0.15, 0.2) is 30.8 Å². The fourth-order valence-corrected chi connectivity index (χ4v) is 1.08. The quantitative estimate of drug-likeness (QED) is 0.900. The molecule has 0 atom stereocenters. The summed E-state index contributed by atoms with van der Waals surface area (Å²) in [5.41, 5.74) is 1.78. The van der Waals surface area contributed by atoms with Gasteiger partial charge in [-0.1, -0.05) is 32.6 Å². The molecule has 0 heterocycles. The second-order valence-electron chi connectivity index (χ2n) is 3.83. The normalized spacial score (nSPS) is 9.18. The van der Waals surface area contributed by atoms with Crippen LogP contribution in [-0.2, 0) is 11.6 Å². The highest BCUT2D eigenvalue weighted by molar-refractivity contribution is 7.51. The van der Waals surface area contributed by atoms with E-state index in [0.717, 1.165) is 17.8 Å². The molecule has 17 heavy (non-hydrogen) atoms. The standard InChI is InChI=1S/C12H16FN.O2S/c1-9(2)8-14-10(3)11-4-6-12(13)7-5-11;1-3-2/h4-7,9,14H,3,8H2,1-2H3;. The first-order chi connectivity index (χ1) is 8.01. The maximum atomic E-state index is 12.6. The van der Waals surface area contributed by atoms with Crippen molar-refractivity contribution in [2.45, 2.75) is 13.8 Å². The summed E-state index contributed by atoms with van der Waals surface area (Å²) in [6, 6.07) is 6.34. The van der Waals surface area contributed by atoms with Crippen LogP contribution in [0.2, 0.25) is 0 Å². The van der Waals surface area contributed by atoms with E-state index < -0.39 is 11.6 Å².